The van der Waals surface area contributed by atoms with Gasteiger partial charge >= 0.3 is 0 Å². The van der Waals surface area contributed by atoms with E-state index in [1.165, 1.54) is 11.1 Å². The van der Waals surface area contributed by atoms with E-state index < -0.39 is 5.79 Å². The molecular weight excluding hydrogens is 236 g/mol. The predicted octanol–water partition coefficient (Wildman–Crippen LogP) is 4.78. The second kappa shape index (κ2) is 7.06. The van der Waals surface area contributed by atoms with Crippen LogP contribution >= 0.6 is 0 Å². The molecule has 2 nitrogen and oxygen atoms in total. The number of ether oxygens (including phenoxy) is 2. The van der Waals surface area contributed by atoms with Crippen LogP contribution in [0.2, 0.25) is 0 Å². The maximum absolute atomic E-state index is 5.81. The third-order valence-electron chi connectivity index (χ3n) is 3.37. The van der Waals surface area contributed by atoms with E-state index >= 15 is 0 Å². The number of allylic oxidation sites excluding steroid dienone is 5. The van der Waals surface area contributed by atoms with Crippen molar-refractivity contribution in [1.82, 2.24) is 0 Å². The molecule has 0 spiro atoms. The van der Waals surface area contributed by atoms with Gasteiger partial charge < -0.3 is 9.47 Å². The molecule has 2 atom stereocenters. The van der Waals surface area contributed by atoms with Crippen LogP contribution in [0.25, 0.3) is 0 Å². The minimum atomic E-state index is -0.574. The second-order valence-corrected chi connectivity index (χ2v) is 5.85. The van der Waals surface area contributed by atoms with Crippen molar-refractivity contribution in [2.45, 2.75) is 72.4 Å². The molecule has 0 aliphatic carbocycles. The summed E-state index contributed by atoms with van der Waals surface area (Å²) in [6, 6.07) is 0. The molecule has 1 rings (SSSR count). The molecule has 1 aliphatic rings. The zero-order chi connectivity index (χ0) is 14.5. The molecule has 2 heteroatoms. The van der Waals surface area contributed by atoms with Crippen LogP contribution in [-0.4, -0.2) is 18.0 Å². The maximum atomic E-state index is 5.81. The highest BCUT2D eigenvalue weighted by molar-refractivity contribution is 5.14. The molecule has 0 aromatic heterocycles. The molecule has 108 valence electrons. The van der Waals surface area contributed by atoms with Gasteiger partial charge in [-0.1, -0.05) is 29.4 Å². The monoisotopic (exact) mass is 264 g/mol. The SMILES string of the molecule is CC(C)=CCCC(C)=CC=CC1(C)OC(C)C(C)O1. The van der Waals surface area contributed by atoms with Crippen molar-refractivity contribution in [1.29, 1.82) is 0 Å². The average molecular weight is 264 g/mol. The Hall–Kier alpha value is -0.860. The fourth-order valence-electron chi connectivity index (χ4n) is 2.10. The van der Waals surface area contributed by atoms with Gasteiger partial charge in [0.15, 0.2) is 5.79 Å². The van der Waals surface area contributed by atoms with Gasteiger partial charge in [0.2, 0.25) is 0 Å². The van der Waals surface area contributed by atoms with Gasteiger partial charge in [0, 0.05) is 0 Å². The van der Waals surface area contributed by atoms with Crippen LogP contribution in [0.1, 0.15) is 54.4 Å². The van der Waals surface area contributed by atoms with Crippen LogP contribution in [0.5, 0.6) is 0 Å². The minimum Gasteiger partial charge on any atom is -0.341 e. The molecule has 1 aliphatic heterocycles. The molecule has 0 saturated carbocycles. The highest BCUT2D eigenvalue weighted by atomic mass is 16.7. The van der Waals surface area contributed by atoms with Gasteiger partial charge in [-0.3, -0.25) is 0 Å². The van der Waals surface area contributed by atoms with Crippen LogP contribution in [0, 0.1) is 0 Å². The normalized spacial score (nSPS) is 32.0. The first-order chi connectivity index (χ1) is 8.82. The third-order valence-corrected chi connectivity index (χ3v) is 3.37. The number of rotatable bonds is 5. The Morgan fingerprint density at radius 3 is 2.21 bits per heavy atom. The van der Waals surface area contributed by atoms with E-state index in [-0.39, 0.29) is 12.2 Å². The molecule has 0 aromatic carbocycles. The lowest BCUT2D eigenvalue weighted by atomic mass is 10.1. The maximum Gasteiger partial charge on any atom is 0.186 e. The van der Waals surface area contributed by atoms with E-state index in [0.717, 1.165) is 12.8 Å². The minimum absolute atomic E-state index is 0.150. The van der Waals surface area contributed by atoms with Gasteiger partial charge in [-0.05, 0) is 60.5 Å². The first kappa shape index (κ1) is 16.2. The van der Waals surface area contributed by atoms with E-state index in [1.807, 2.05) is 32.9 Å². The molecular formula is C17H28O2. The van der Waals surface area contributed by atoms with Crippen molar-refractivity contribution in [3.8, 4) is 0 Å². The van der Waals surface area contributed by atoms with Crippen LogP contribution in [-0.2, 0) is 9.47 Å². The fraction of sp³-hybridized carbons (Fsp3) is 0.647. The molecule has 0 bridgehead atoms. The Bertz CT molecular complexity index is 363. The number of hydrogen-bond donors (Lipinski definition) is 0. The molecule has 1 heterocycles. The van der Waals surface area contributed by atoms with Crippen LogP contribution in [0.4, 0.5) is 0 Å². The van der Waals surface area contributed by atoms with Crippen molar-refractivity contribution in [2.75, 3.05) is 0 Å². The summed E-state index contributed by atoms with van der Waals surface area (Å²) in [6.45, 7) is 12.5. The summed E-state index contributed by atoms with van der Waals surface area (Å²) in [5, 5.41) is 0. The van der Waals surface area contributed by atoms with E-state index in [9.17, 15) is 0 Å². The number of hydrogen-bond acceptors (Lipinski definition) is 2. The van der Waals surface area contributed by atoms with E-state index in [2.05, 4.69) is 32.9 Å². The smallest absolute Gasteiger partial charge is 0.186 e. The van der Waals surface area contributed by atoms with Gasteiger partial charge in [0.05, 0.1) is 12.2 Å². The van der Waals surface area contributed by atoms with E-state index in [1.54, 1.807) is 0 Å². The van der Waals surface area contributed by atoms with Gasteiger partial charge in [0.1, 0.15) is 0 Å². The molecule has 0 aromatic rings. The summed E-state index contributed by atoms with van der Waals surface area (Å²) in [5.74, 6) is -0.574. The van der Waals surface area contributed by atoms with Crippen molar-refractivity contribution in [3.05, 3.63) is 35.5 Å². The Morgan fingerprint density at radius 2 is 1.68 bits per heavy atom. The Kier molecular flexibility index (Phi) is 6.02. The quantitative estimate of drug-likeness (QED) is 0.526. The Labute approximate surface area is 118 Å². The van der Waals surface area contributed by atoms with E-state index in [4.69, 9.17) is 9.47 Å². The van der Waals surface area contributed by atoms with Gasteiger partial charge in [0.25, 0.3) is 0 Å². The lowest BCUT2D eigenvalue weighted by Crippen LogP contribution is -2.23. The molecule has 0 amide bonds. The summed E-state index contributed by atoms with van der Waals surface area (Å²) in [7, 11) is 0. The van der Waals surface area contributed by atoms with Gasteiger partial charge in [-0.25, -0.2) is 0 Å². The molecule has 0 radical (unpaired) electrons. The largest absolute Gasteiger partial charge is 0.341 e. The van der Waals surface area contributed by atoms with Crippen LogP contribution < -0.4 is 0 Å². The van der Waals surface area contributed by atoms with Crippen LogP contribution in [0.15, 0.2) is 35.5 Å². The third kappa shape index (κ3) is 5.75. The molecule has 1 saturated heterocycles. The fourth-order valence-corrected chi connectivity index (χ4v) is 2.10. The average Bonchev–Trinajstić information content (AvgIpc) is 2.52. The Balaban J connectivity index is 2.46. The summed E-state index contributed by atoms with van der Waals surface area (Å²) < 4.78 is 11.6. The Morgan fingerprint density at radius 1 is 1.11 bits per heavy atom. The molecule has 2 unspecified atom stereocenters. The predicted molar refractivity (Wildman–Crippen MR) is 81.1 cm³/mol. The molecule has 19 heavy (non-hydrogen) atoms. The van der Waals surface area contributed by atoms with Crippen LogP contribution in [0.3, 0.4) is 0 Å². The highest BCUT2D eigenvalue weighted by Gasteiger charge is 2.37. The highest BCUT2D eigenvalue weighted by Crippen LogP contribution is 2.29. The zero-order valence-corrected chi connectivity index (χ0v) is 13.2. The summed E-state index contributed by atoms with van der Waals surface area (Å²) >= 11 is 0. The summed E-state index contributed by atoms with van der Waals surface area (Å²) in [4.78, 5) is 0. The first-order valence-electron chi connectivity index (χ1n) is 7.16. The molecule has 0 N–H and O–H groups in total. The summed E-state index contributed by atoms with van der Waals surface area (Å²) in [6.07, 6.45) is 11.0. The first-order valence-corrected chi connectivity index (χ1v) is 7.16. The summed E-state index contributed by atoms with van der Waals surface area (Å²) in [5.41, 5.74) is 2.75. The van der Waals surface area contributed by atoms with Crippen molar-refractivity contribution < 1.29 is 9.47 Å². The standard InChI is InChI=1S/C17H28O2/c1-13(2)9-7-10-14(3)11-8-12-17(6)18-15(4)16(5)19-17/h8-9,11-12,15-16H,7,10H2,1-6H3. The lowest BCUT2D eigenvalue weighted by Gasteiger charge is -2.18. The topological polar surface area (TPSA) is 18.5 Å². The van der Waals surface area contributed by atoms with E-state index in [0.29, 0.717) is 0 Å². The molecule has 1 fully saturated rings. The van der Waals surface area contributed by atoms with Crippen molar-refractivity contribution >= 4 is 0 Å². The van der Waals surface area contributed by atoms with Crippen molar-refractivity contribution in [2.24, 2.45) is 0 Å². The van der Waals surface area contributed by atoms with Gasteiger partial charge in [-0.15, -0.1) is 0 Å². The van der Waals surface area contributed by atoms with Crippen molar-refractivity contribution in [3.63, 3.8) is 0 Å². The lowest BCUT2D eigenvalue weighted by molar-refractivity contribution is -0.118. The second-order valence-electron chi connectivity index (χ2n) is 5.85. The zero-order valence-electron chi connectivity index (χ0n) is 13.2. The van der Waals surface area contributed by atoms with Gasteiger partial charge in [-0.2, -0.15) is 0 Å².